The first-order valence-corrected chi connectivity index (χ1v) is 4.32. The highest BCUT2D eigenvalue weighted by atomic mass is 16.5. The maximum Gasteiger partial charge on any atom is 0.408 e. The van der Waals surface area contributed by atoms with Crippen LogP contribution < -0.4 is 5.32 Å². The minimum Gasteiger partial charge on any atom is -0.480 e. The van der Waals surface area contributed by atoms with Crippen LogP contribution >= 0.6 is 0 Å². The predicted molar refractivity (Wildman–Crippen MR) is 54.2 cm³/mol. The molecule has 0 radical (unpaired) electrons. The van der Waals surface area contributed by atoms with Gasteiger partial charge < -0.3 is 15.2 Å². The number of carboxylic acids is 1. The third kappa shape index (κ3) is 6.16. The van der Waals surface area contributed by atoms with Crippen LogP contribution in [0.4, 0.5) is 4.79 Å². The smallest absolute Gasteiger partial charge is 0.408 e. The van der Waals surface area contributed by atoms with Gasteiger partial charge in [-0.3, -0.25) is 0 Å². The molecule has 0 aliphatic heterocycles. The van der Waals surface area contributed by atoms with Gasteiger partial charge in [0.1, 0.15) is 12.6 Å². The molecule has 1 atom stereocenters. The molecule has 2 N–H and O–H groups in total. The van der Waals surface area contributed by atoms with E-state index in [0.717, 1.165) is 0 Å². The fraction of sp³-hybridized carbons (Fsp3) is 0.400. The molecule has 0 rings (SSSR count). The Morgan fingerprint density at radius 1 is 1.67 bits per heavy atom. The van der Waals surface area contributed by atoms with E-state index in [4.69, 9.17) is 11.5 Å². The average Bonchev–Trinajstić information content (AvgIpc) is 2.20. The highest BCUT2D eigenvalue weighted by Gasteiger charge is 2.19. The van der Waals surface area contributed by atoms with Gasteiger partial charge in [-0.15, -0.1) is 12.3 Å². The molecule has 1 unspecified atom stereocenters. The second kappa shape index (κ2) is 7.44. The lowest BCUT2D eigenvalue weighted by Gasteiger charge is -2.12. The molecular weight excluding hydrogens is 198 g/mol. The number of alkyl carbamates (subject to hydrolysis) is 1. The molecule has 0 aliphatic carbocycles. The Balaban J connectivity index is 4.05. The van der Waals surface area contributed by atoms with Crippen LogP contribution in [0.5, 0.6) is 0 Å². The van der Waals surface area contributed by atoms with Gasteiger partial charge in [0.2, 0.25) is 0 Å². The molecule has 0 saturated heterocycles. The number of ether oxygens (including phenoxy) is 1. The first-order valence-electron chi connectivity index (χ1n) is 4.32. The van der Waals surface area contributed by atoms with E-state index in [-0.39, 0.29) is 19.4 Å². The first-order chi connectivity index (χ1) is 7.11. The zero-order valence-electron chi connectivity index (χ0n) is 8.23. The van der Waals surface area contributed by atoms with Gasteiger partial charge in [0, 0.05) is 6.42 Å². The SMILES string of the molecule is C#CCCC(NC(=O)OCC=C)C(=O)O. The van der Waals surface area contributed by atoms with Crippen molar-refractivity contribution >= 4 is 12.1 Å². The van der Waals surface area contributed by atoms with Gasteiger partial charge in [0.05, 0.1) is 0 Å². The van der Waals surface area contributed by atoms with E-state index < -0.39 is 18.1 Å². The van der Waals surface area contributed by atoms with Crippen molar-refractivity contribution in [1.29, 1.82) is 0 Å². The molecule has 0 aromatic rings. The number of rotatable bonds is 6. The summed E-state index contributed by atoms with van der Waals surface area (Å²) in [4.78, 5) is 21.6. The standard InChI is InChI=1S/C10H13NO4/c1-3-5-6-8(9(12)13)11-10(14)15-7-4-2/h1,4,8H,2,5-7H2,(H,11,14)(H,12,13). The quantitative estimate of drug-likeness (QED) is 0.502. The molecule has 5 heteroatoms. The summed E-state index contributed by atoms with van der Waals surface area (Å²) in [6.07, 6.45) is 6.03. The molecule has 15 heavy (non-hydrogen) atoms. The molecule has 5 nitrogen and oxygen atoms in total. The molecular formula is C10H13NO4. The number of aliphatic carboxylic acids is 1. The van der Waals surface area contributed by atoms with Crippen LogP contribution in [0, 0.1) is 12.3 Å². The topological polar surface area (TPSA) is 75.6 Å². The van der Waals surface area contributed by atoms with Crippen molar-refractivity contribution < 1.29 is 19.4 Å². The van der Waals surface area contributed by atoms with Gasteiger partial charge in [-0.25, -0.2) is 9.59 Å². The van der Waals surface area contributed by atoms with Gasteiger partial charge >= 0.3 is 12.1 Å². The Hall–Kier alpha value is -1.96. The van der Waals surface area contributed by atoms with Crippen molar-refractivity contribution in [2.75, 3.05) is 6.61 Å². The average molecular weight is 211 g/mol. The zero-order valence-corrected chi connectivity index (χ0v) is 8.23. The highest BCUT2D eigenvalue weighted by molar-refractivity contribution is 5.79. The van der Waals surface area contributed by atoms with Crippen LogP contribution in [-0.4, -0.2) is 29.8 Å². The molecule has 0 aromatic carbocycles. The highest BCUT2D eigenvalue weighted by Crippen LogP contribution is 1.97. The number of hydrogen-bond acceptors (Lipinski definition) is 3. The molecule has 0 spiro atoms. The summed E-state index contributed by atoms with van der Waals surface area (Å²) in [5.41, 5.74) is 0. The van der Waals surface area contributed by atoms with E-state index in [1.807, 2.05) is 0 Å². The number of carbonyl (C=O) groups excluding carboxylic acids is 1. The van der Waals surface area contributed by atoms with Crippen molar-refractivity contribution in [2.45, 2.75) is 18.9 Å². The normalized spacial score (nSPS) is 10.9. The summed E-state index contributed by atoms with van der Waals surface area (Å²) in [7, 11) is 0. The van der Waals surface area contributed by atoms with Crippen molar-refractivity contribution in [3.63, 3.8) is 0 Å². The third-order valence-electron chi connectivity index (χ3n) is 1.50. The second-order valence-electron chi connectivity index (χ2n) is 2.67. The molecule has 0 aromatic heterocycles. The fourth-order valence-electron chi connectivity index (χ4n) is 0.804. The number of carbonyl (C=O) groups is 2. The van der Waals surface area contributed by atoms with Crippen LogP contribution in [0.1, 0.15) is 12.8 Å². The summed E-state index contributed by atoms with van der Waals surface area (Å²) in [5.74, 6) is 1.16. The number of terminal acetylenes is 1. The van der Waals surface area contributed by atoms with Crippen molar-refractivity contribution in [2.24, 2.45) is 0 Å². The van der Waals surface area contributed by atoms with Gasteiger partial charge in [-0.1, -0.05) is 12.7 Å². The number of hydrogen-bond donors (Lipinski definition) is 2. The lowest BCUT2D eigenvalue weighted by Crippen LogP contribution is -2.41. The lowest BCUT2D eigenvalue weighted by atomic mass is 10.1. The maximum absolute atomic E-state index is 11.0. The summed E-state index contributed by atoms with van der Waals surface area (Å²) < 4.78 is 4.57. The molecule has 1 amide bonds. The minimum absolute atomic E-state index is 0.0350. The Morgan fingerprint density at radius 3 is 2.80 bits per heavy atom. The molecule has 0 aliphatic rings. The summed E-state index contributed by atoms with van der Waals surface area (Å²) in [5, 5.41) is 10.9. The Morgan fingerprint density at radius 2 is 2.33 bits per heavy atom. The largest absolute Gasteiger partial charge is 0.480 e. The molecule has 82 valence electrons. The Bertz CT molecular complexity index is 280. The third-order valence-corrected chi connectivity index (χ3v) is 1.50. The van der Waals surface area contributed by atoms with Crippen LogP contribution in [0.3, 0.4) is 0 Å². The fourth-order valence-corrected chi connectivity index (χ4v) is 0.804. The van der Waals surface area contributed by atoms with Gasteiger partial charge in [0.15, 0.2) is 0 Å². The van der Waals surface area contributed by atoms with E-state index in [2.05, 4.69) is 22.6 Å². The Labute approximate surface area is 88.1 Å². The lowest BCUT2D eigenvalue weighted by molar-refractivity contribution is -0.139. The van der Waals surface area contributed by atoms with Gasteiger partial charge in [-0.05, 0) is 6.42 Å². The van der Waals surface area contributed by atoms with Crippen LogP contribution in [0.15, 0.2) is 12.7 Å². The predicted octanol–water partition coefficient (Wildman–Crippen LogP) is 0.765. The van der Waals surface area contributed by atoms with Crippen molar-refractivity contribution in [3.05, 3.63) is 12.7 Å². The van der Waals surface area contributed by atoms with Crippen molar-refractivity contribution in [1.82, 2.24) is 5.32 Å². The Kier molecular flexibility index (Phi) is 6.47. The molecule has 0 fully saturated rings. The summed E-state index contributed by atoms with van der Waals surface area (Å²) in [6.45, 7) is 3.38. The van der Waals surface area contributed by atoms with Gasteiger partial charge in [-0.2, -0.15) is 0 Å². The van der Waals surface area contributed by atoms with Gasteiger partial charge in [0.25, 0.3) is 0 Å². The van der Waals surface area contributed by atoms with E-state index in [0.29, 0.717) is 0 Å². The van der Waals surface area contributed by atoms with E-state index >= 15 is 0 Å². The summed E-state index contributed by atoms with van der Waals surface area (Å²) >= 11 is 0. The number of carboxylic acid groups (broad SMARTS) is 1. The number of nitrogens with one attached hydrogen (secondary N) is 1. The van der Waals surface area contributed by atoms with Crippen LogP contribution in [0.2, 0.25) is 0 Å². The number of amides is 1. The van der Waals surface area contributed by atoms with Crippen LogP contribution in [-0.2, 0) is 9.53 Å². The molecule has 0 heterocycles. The van der Waals surface area contributed by atoms with E-state index in [9.17, 15) is 9.59 Å². The van der Waals surface area contributed by atoms with E-state index in [1.165, 1.54) is 6.08 Å². The van der Waals surface area contributed by atoms with Crippen molar-refractivity contribution in [3.8, 4) is 12.3 Å². The first kappa shape index (κ1) is 13.0. The second-order valence-corrected chi connectivity index (χ2v) is 2.67. The van der Waals surface area contributed by atoms with E-state index in [1.54, 1.807) is 0 Å². The maximum atomic E-state index is 11.0. The van der Waals surface area contributed by atoms with Crippen LogP contribution in [0.25, 0.3) is 0 Å². The zero-order chi connectivity index (χ0) is 11.7. The minimum atomic E-state index is -1.14. The molecule has 0 saturated carbocycles. The monoisotopic (exact) mass is 211 g/mol. The molecule has 0 bridgehead atoms. The summed E-state index contributed by atoms with van der Waals surface area (Å²) in [6, 6.07) is -1.02.